The minimum absolute atomic E-state index is 0.102. The topological polar surface area (TPSA) is 59.3 Å². The van der Waals surface area contributed by atoms with Crippen LogP contribution in [0, 0.1) is 11.8 Å². The summed E-state index contributed by atoms with van der Waals surface area (Å²) in [5, 5.41) is 7.52. The van der Waals surface area contributed by atoms with Crippen LogP contribution in [0.3, 0.4) is 0 Å². The third-order valence-corrected chi connectivity index (χ3v) is 4.90. The van der Waals surface area contributed by atoms with Gasteiger partial charge in [-0.25, -0.2) is 13.8 Å². The van der Waals surface area contributed by atoms with Crippen LogP contribution in [-0.2, 0) is 0 Å². The summed E-state index contributed by atoms with van der Waals surface area (Å²) >= 11 is 6.11. The predicted octanol–water partition coefficient (Wildman–Crippen LogP) is 4.07. The highest BCUT2D eigenvalue weighted by atomic mass is 35.5. The molecule has 0 aliphatic carbocycles. The Morgan fingerprint density at radius 3 is 2.92 bits per heavy atom. The Kier molecular flexibility index (Phi) is 3.73. The van der Waals surface area contributed by atoms with Gasteiger partial charge in [-0.1, -0.05) is 16.8 Å². The Bertz CT molecular complexity index is 928. The Morgan fingerprint density at radius 2 is 2.16 bits per heavy atom. The van der Waals surface area contributed by atoms with E-state index in [4.69, 9.17) is 11.6 Å². The summed E-state index contributed by atoms with van der Waals surface area (Å²) in [5.74, 6) is -3.14. The Labute approximate surface area is 146 Å². The summed E-state index contributed by atoms with van der Waals surface area (Å²) in [6.45, 7) is 1.48. The maximum Gasteiger partial charge on any atom is 0.282 e. The van der Waals surface area contributed by atoms with Crippen molar-refractivity contribution in [1.29, 1.82) is 0 Å². The lowest BCUT2D eigenvalue weighted by atomic mass is 9.97. The number of piperidine rings is 1. The molecule has 2 aromatic heterocycles. The van der Waals surface area contributed by atoms with E-state index < -0.39 is 24.6 Å². The fraction of sp³-hybridized carbons (Fsp3) is 0.353. The van der Waals surface area contributed by atoms with Crippen LogP contribution in [0.15, 0.2) is 35.6 Å². The van der Waals surface area contributed by atoms with Crippen molar-refractivity contribution in [2.45, 2.75) is 24.9 Å². The van der Waals surface area contributed by atoms with E-state index in [9.17, 15) is 13.7 Å². The highest BCUT2D eigenvalue weighted by molar-refractivity contribution is 6.31. The summed E-state index contributed by atoms with van der Waals surface area (Å²) in [6, 6.07) is 4.46. The number of alkyl halides is 2. The summed E-state index contributed by atoms with van der Waals surface area (Å²) in [4.78, 5) is 15.6. The van der Waals surface area contributed by atoms with Gasteiger partial charge in [0.1, 0.15) is 17.7 Å². The minimum Gasteiger partial charge on any atom is -0.314 e. The van der Waals surface area contributed by atoms with E-state index in [1.807, 2.05) is 13.0 Å². The summed E-state index contributed by atoms with van der Waals surface area (Å²) in [6.07, 6.45) is 1.63. The first-order valence-corrected chi connectivity index (χ1v) is 8.27. The van der Waals surface area contributed by atoms with Crippen molar-refractivity contribution in [3.63, 3.8) is 0 Å². The smallest absolute Gasteiger partial charge is 0.282 e. The third-order valence-electron chi connectivity index (χ3n) is 4.66. The van der Waals surface area contributed by atoms with Gasteiger partial charge in [-0.3, -0.25) is 0 Å². The molecular formula is C17H15ClF2N4O. The van der Waals surface area contributed by atoms with E-state index in [0.717, 1.165) is 16.3 Å². The van der Waals surface area contributed by atoms with Gasteiger partial charge in [-0.05, 0) is 36.8 Å². The van der Waals surface area contributed by atoms with E-state index in [1.54, 1.807) is 24.4 Å². The van der Waals surface area contributed by atoms with Crippen molar-refractivity contribution in [3.05, 3.63) is 46.0 Å². The summed E-state index contributed by atoms with van der Waals surface area (Å²) in [5.41, 5.74) is 1.88. The van der Waals surface area contributed by atoms with Crippen LogP contribution >= 0.6 is 11.6 Å². The maximum atomic E-state index is 14.7. The maximum absolute atomic E-state index is 14.7. The summed E-state index contributed by atoms with van der Waals surface area (Å²) < 4.78 is 30.9. The van der Waals surface area contributed by atoms with Gasteiger partial charge in [-0.2, -0.15) is 4.91 Å². The number of pyridine rings is 1. The number of fused-ring (bicyclic) bond motifs is 3. The second-order valence-electron chi connectivity index (χ2n) is 6.42. The molecule has 2 atom stereocenters. The van der Waals surface area contributed by atoms with Crippen LogP contribution in [0.5, 0.6) is 0 Å². The second kappa shape index (κ2) is 5.71. The lowest BCUT2D eigenvalue weighted by Gasteiger charge is -2.36. The Balaban J connectivity index is 2.10. The molecule has 0 saturated carbocycles. The van der Waals surface area contributed by atoms with Crippen molar-refractivity contribution in [3.8, 4) is 0 Å². The Hall–Kier alpha value is -2.12. The number of rotatable bonds is 2. The van der Waals surface area contributed by atoms with Crippen LogP contribution in [0.2, 0.25) is 5.02 Å². The normalized spacial score (nSPS) is 23.2. The molecule has 3 aromatic rings. The molecule has 1 fully saturated rings. The zero-order valence-electron chi connectivity index (χ0n) is 13.3. The molecule has 5 nitrogen and oxygen atoms in total. The molecule has 1 N–H and O–H groups in total. The second-order valence-corrected chi connectivity index (χ2v) is 6.86. The average Bonchev–Trinajstić information content (AvgIpc) is 2.86. The number of nitroso groups, excluding NO2 is 1. The predicted molar refractivity (Wildman–Crippen MR) is 93.4 cm³/mol. The molecule has 1 saturated heterocycles. The van der Waals surface area contributed by atoms with Crippen molar-refractivity contribution in [1.82, 2.24) is 14.9 Å². The van der Waals surface area contributed by atoms with Gasteiger partial charge in [-0.15, -0.1) is 0 Å². The van der Waals surface area contributed by atoms with E-state index in [-0.39, 0.29) is 6.54 Å². The molecule has 1 aromatic carbocycles. The monoisotopic (exact) mass is 364 g/mol. The van der Waals surface area contributed by atoms with Gasteiger partial charge in [0.15, 0.2) is 0 Å². The number of aromatic nitrogens is 2. The Morgan fingerprint density at radius 1 is 1.36 bits per heavy atom. The largest absolute Gasteiger partial charge is 0.314 e. The van der Waals surface area contributed by atoms with Gasteiger partial charge < -0.3 is 9.88 Å². The van der Waals surface area contributed by atoms with Gasteiger partial charge in [0.05, 0.1) is 12.1 Å². The number of aryl methyl sites for hydroxylation is 1. The van der Waals surface area contributed by atoms with Crippen LogP contribution < -0.4 is 5.32 Å². The molecule has 4 rings (SSSR count). The average molecular weight is 365 g/mol. The first-order chi connectivity index (χ1) is 11.9. The molecule has 0 amide bonds. The lowest BCUT2D eigenvalue weighted by Crippen LogP contribution is -2.54. The van der Waals surface area contributed by atoms with E-state index in [1.165, 1.54) is 4.57 Å². The number of nitrogens with one attached hydrogen (secondary N) is 1. The lowest BCUT2D eigenvalue weighted by molar-refractivity contribution is -0.0702. The number of halogens is 3. The molecule has 8 heteroatoms. The van der Waals surface area contributed by atoms with E-state index >= 15 is 0 Å². The highest BCUT2D eigenvalue weighted by Crippen LogP contribution is 2.41. The third kappa shape index (κ3) is 2.49. The van der Waals surface area contributed by atoms with Crippen molar-refractivity contribution in [2.75, 3.05) is 13.1 Å². The first kappa shape index (κ1) is 16.4. The molecule has 0 spiro atoms. The van der Waals surface area contributed by atoms with Crippen LogP contribution in [0.4, 0.5) is 8.78 Å². The quantitative estimate of drug-likeness (QED) is 0.697. The standard InChI is InChI=1S/C17H15ClF2N4O/c1-9-4-12-11-5-10(18)2-3-14(11)24(16(12)22-6-9)15-13(23-25)7-21-8-17(15,19)20/h2-6,13,15,21H,7-8H2,1H3/t13-,15+/m0/s1. The first-order valence-electron chi connectivity index (χ1n) is 7.89. The van der Waals surface area contributed by atoms with E-state index in [2.05, 4.69) is 15.5 Å². The van der Waals surface area contributed by atoms with Crippen molar-refractivity contribution in [2.24, 2.45) is 5.18 Å². The SMILES string of the molecule is Cc1cnc2c(c1)c1cc(Cl)ccc1n2[C@@H]1[C@@H](N=O)CNCC1(F)F. The van der Waals surface area contributed by atoms with Crippen LogP contribution in [-0.4, -0.2) is 34.6 Å². The number of hydrogen-bond donors (Lipinski definition) is 1. The zero-order valence-corrected chi connectivity index (χ0v) is 14.1. The summed E-state index contributed by atoms with van der Waals surface area (Å²) in [7, 11) is 0. The van der Waals surface area contributed by atoms with Gasteiger partial charge >= 0.3 is 0 Å². The molecule has 1 aliphatic rings. The van der Waals surface area contributed by atoms with Gasteiger partial charge in [0, 0.05) is 28.5 Å². The molecule has 25 heavy (non-hydrogen) atoms. The number of benzene rings is 1. The fourth-order valence-electron chi connectivity index (χ4n) is 3.62. The fourth-order valence-corrected chi connectivity index (χ4v) is 3.79. The van der Waals surface area contributed by atoms with Gasteiger partial charge in [0.2, 0.25) is 0 Å². The van der Waals surface area contributed by atoms with E-state index in [0.29, 0.717) is 16.2 Å². The minimum atomic E-state index is -3.14. The van der Waals surface area contributed by atoms with Gasteiger partial charge in [0.25, 0.3) is 5.92 Å². The van der Waals surface area contributed by atoms with Crippen molar-refractivity contribution >= 4 is 33.5 Å². The highest BCUT2D eigenvalue weighted by Gasteiger charge is 2.50. The molecule has 3 heterocycles. The molecule has 1 aliphatic heterocycles. The van der Waals surface area contributed by atoms with Crippen molar-refractivity contribution < 1.29 is 8.78 Å². The van der Waals surface area contributed by atoms with Crippen LogP contribution in [0.25, 0.3) is 21.9 Å². The van der Waals surface area contributed by atoms with Crippen LogP contribution in [0.1, 0.15) is 11.6 Å². The number of nitrogens with zero attached hydrogens (tertiary/aromatic N) is 3. The zero-order chi connectivity index (χ0) is 17.8. The number of hydrogen-bond acceptors (Lipinski definition) is 4. The molecule has 0 radical (unpaired) electrons. The molecule has 130 valence electrons. The molecule has 0 unspecified atom stereocenters. The molecule has 0 bridgehead atoms. The molecular weight excluding hydrogens is 350 g/mol.